The van der Waals surface area contributed by atoms with E-state index in [0.717, 1.165) is 50.0 Å². The van der Waals surface area contributed by atoms with E-state index in [-0.39, 0.29) is 0 Å². The van der Waals surface area contributed by atoms with Crippen LogP contribution in [0.3, 0.4) is 0 Å². The van der Waals surface area contributed by atoms with E-state index in [2.05, 4.69) is 216 Å². The highest BCUT2D eigenvalue weighted by Crippen LogP contribution is 2.37. The monoisotopic (exact) mass is 714 g/mol. The Kier molecular flexibility index (Phi) is 8.16. The van der Waals surface area contributed by atoms with Crippen LogP contribution >= 0.6 is 0 Å². The lowest BCUT2D eigenvalue weighted by Crippen LogP contribution is -2.02. The van der Waals surface area contributed by atoms with Crippen molar-refractivity contribution >= 4 is 66.4 Å². The number of aromatic nitrogens is 2. The molecular formula is C54H38N2. The van der Waals surface area contributed by atoms with Crippen molar-refractivity contribution in [3.63, 3.8) is 0 Å². The summed E-state index contributed by atoms with van der Waals surface area (Å²) in [6, 6.07) is 69.9. The zero-order valence-corrected chi connectivity index (χ0v) is 30.9. The van der Waals surface area contributed by atoms with E-state index in [1.165, 1.54) is 49.1 Å². The van der Waals surface area contributed by atoms with E-state index in [4.69, 9.17) is 0 Å². The van der Waals surface area contributed by atoms with Gasteiger partial charge in [0.1, 0.15) is 0 Å². The van der Waals surface area contributed by atoms with Crippen LogP contribution in [0.1, 0.15) is 11.3 Å². The van der Waals surface area contributed by atoms with Gasteiger partial charge in [0.05, 0.1) is 22.2 Å². The van der Waals surface area contributed by atoms with Gasteiger partial charge in [-0.3, -0.25) is 0 Å². The molecule has 2 nitrogen and oxygen atoms in total. The SMILES string of the molecule is C=Cc1c(C=C)n(-c2ccc(-c3ccc(-n4c5ccccc5c5cc(-c6ccccc6)ccc54)cc3)cc2)c2ccccc2c2ccccc2c2ccccc12. The largest absolute Gasteiger partial charge is 0.309 e. The number of rotatable bonds is 6. The molecule has 0 aliphatic rings. The van der Waals surface area contributed by atoms with E-state index >= 15 is 0 Å². The predicted molar refractivity (Wildman–Crippen MR) is 241 cm³/mol. The maximum absolute atomic E-state index is 4.36. The summed E-state index contributed by atoms with van der Waals surface area (Å²) >= 11 is 0. The maximum atomic E-state index is 4.36. The fourth-order valence-electron chi connectivity index (χ4n) is 8.55. The molecule has 0 bridgehead atoms. The first-order valence-electron chi connectivity index (χ1n) is 19.1. The van der Waals surface area contributed by atoms with E-state index in [9.17, 15) is 0 Å². The minimum atomic E-state index is 0.979. The topological polar surface area (TPSA) is 9.86 Å². The Morgan fingerprint density at radius 2 is 0.714 bits per heavy atom. The molecule has 0 aliphatic heterocycles. The van der Waals surface area contributed by atoms with Crippen LogP contribution in [0.25, 0.3) is 100 Å². The number of nitrogens with zero attached hydrogens (tertiary/aromatic N) is 2. The number of para-hydroxylation sites is 2. The molecule has 0 saturated carbocycles. The van der Waals surface area contributed by atoms with Gasteiger partial charge in [-0.25, -0.2) is 0 Å². The lowest BCUT2D eigenvalue weighted by atomic mass is 10.0. The summed E-state index contributed by atoms with van der Waals surface area (Å²) in [7, 11) is 0. The summed E-state index contributed by atoms with van der Waals surface area (Å²) in [5.41, 5.74) is 12.4. The van der Waals surface area contributed by atoms with Crippen molar-refractivity contribution in [1.29, 1.82) is 0 Å². The Bertz CT molecular complexity index is 3200. The minimum Gasteiger partial charge on any atom is -0.309 e. The molecule has 0 fully saturated rings. The third kappa shape index (κ3) is 5.42. The summed E-state index contributed by atoms with van der Waals surface area (Å²) in [4.78, 5) is 0. The van der Waals surface area contributed by atoms with Crippen molar-refractivity contribution in [3.05, 3.63) is 219 Å². The van der Waals surface area contributed by atoms with Gasteiger partial charge in [-0.15, -0.1) is 0 Å². The van der Waals surface area contributed by atoms with Crippen molar-refractivity contribution in [2.75, 3.05) is 0 Å². The first-order chi connectivity index (χ1) is 27.7. The number of hydrogen-bond donors (Lipinski definition) is 0. The fraction of sp³-hybridized carbons (Fsp3) is 0. The highest BCUT2D eigenvalue weighted by Gasteiger charge is 2.15. The van der Waals surface area contributed by atoms with Gasteiger partial charge < -0.3 is 9.13 Å². The van der Waals surface area contributed by atoms with Crippen LogP contribution in [0.4, 0.5) is 0 Å². The van der Waals surface area contributed by atoms with Gasteiger partial charge in [-0.05, 0) is 98.4 Å². The Morgan fingerprint density at radius 3 is 1.30 bits per heavy atom. The molecule has 0 N–H and O–H groups in total. The van der Waals surface area contributed by atoms with Crippen molar-refractivity contribution in [3.8, 4) is 33.6 Å². The lowest BCUT2D eigenvalue weighted by molar-refractivity contribution is 1.09. The minimum absolute atomic E-state index is 0.979. The molecule has 2 heterocycles. The summed E-state index contributed by atoms with van der Waals surface area (Å²) in [5, 5.41) is 8.33. The lowest BCUT2D eigenvalue weighted by Gasteiger charge is -2.16. The average Bonchev–Trinajstić information content (AvgIpc) is 3.62. The Balaban J connectivity index is 1.11. The molecule has 2 aromatic heterocycles. The van der Waals surface area contributed by atoms with Crippen molar-refractivity contribution in [2.24, 2.45) is 0 Å². The second-order valence-electron chi connectivity index (χ2n) is 14.2. The van der Waals surface area contributed by atoms with Gasteiger partial charge in [-0.1, -0.05) is 165 Å². The van der Waals surface area contributed by atoms with Crippen LogP contribution in [0.15, 0.2) is 207 Å². The van der Waals surface area contributed by atoms with Crippen LogP contribution in [-0.2, 0) is 0 Å². The highest BCUT2D eigenvalue weighted by molar-refractivity contribution is 6.16. The van der Waals surface area contributed by atoms with E-state index in [1.807, 2.05) is 12.2 Å². The molecule has 10 rings (SSSR count). The maximum Gasteiger partial charge on any atom is 0.0541 e. The smallest absolute Gasteiger partial charge is 0.0541 e. The van der Waals surface area contributed by atoms with Crippen molar-refractivity contribution in [1.82, 2.24) is 9.13 Å². The molecule has 0 radical (unpaired) electrons. The Labute approximate surface area is 326 Å². The molecule has 10 aromatic rings. The second-order valence-corrected chi connectivity index (χ2v) is 14.2. The van der Waals surface area contributed by atoms with Gasteiger partial charge in [0.2, 0.25) is 0 Å². The first kappa shape index (κ1) is 33.2. The summed E-state index contributed by atoms with van der Waals surface area (Å²) < 4.78 is 4.71. The second kappa shape index (κ2) is 13.8. The molecule has 0 amide bonds. The molecule has 0 atom stereocenters. The Hall–Kier alpha value is -7.42. The molecule has 264 valence electrons. The zero-order valence-electron chi connectivity index (χ0n) is 30.9. The van der Waals surface area contributed by atoms with Gasteiger partial charge in [0.25, 0.3) is 0 Å². The zero-order chi connectivity index (χ0) is 37.6. The fourth-order valence-corrected chi connectivity index (χ4v) is 8.55. The van der Waals surface area contributed by atoms with Gasteiger partial charge in [0, 0.05) is 33.1 Å². The van der Waals surface area contributed by atoms with Crippen LogP contribution in [0.5, 0.6) is 0 Å². The molecule has 2 heteroatoms. The van der Waals surface area contributed by atoms with Crippen molar-refractivity contribution in [2.45, 2.75) is 0 Å². The number of benzene rings is 8. The van der Waals surface area contributed by atoms with Gasteiger partial charge >= 0.3 is 0 Å². The summed E-state index contributed by atoms with van der Waals surface area (Å²) in [6.45, 7) is 8.68. The molecule has 0 spiro atoms. The van der Waals surface area contributed by atoms with E-state index in [0.29, 0.717) is 0 Å². The molecule has 0 aliphatic carbocycles. The highest BCUT2D eigenvalue weighted by atomic mass is 15.0. The van der Waals surface area contributed by atoms with Crippen LogP contribution in [0.2, 0.25) is 0 Å². The molecule has 0 saturated heterocycles. The number of hydrogen-bond acceptors (Lipinski definition) is 0. The third-order valence-electron chi connectivity index (χ3n) is 11.1. The standard InChI is InChI=1S/C54H38N2/c1-3-43-44-18-8-9-19-45(44)46-20-10-11-21-47(46)48-22-12-14-24-52(48)55(51(43)4-2)41-31-26-38(27-32-41)39-28-33-42(34-29-39)56-53-25-15-13-23-49(53)50-36-40(30-35-54(50)56)37-16-6-5-7-17-37/h3-36H,1-2H2. The van der Waals surface area contributed by atoms with Crippen molar-refractivity contribution < 1.29 is 0 Å². The first-order valence-corrected chi connectivity index (χ1v) is 19.1. The molecule has 56 heavy (non-hydrogen) atoms. The molecule has 0 unspecified atom stereocenters. The predicted octanol–water partition coefficient (Wildman–Crippen LogP) is 14.8. The molecular weight excluding hydrogens is 677 g/mol. The normalized spacial score (nSPS) is 11.4. The van der Waals surface area contributed by atoms with Crippen LogP contribution in [-0.4, -0.2) is 9.13 Å². The van der Waals surface area contributed by atoms with E-state index in [1.54, 1.807) is 0 Å². The summed E-state index contributed by atoms with van der Waals surface area (Å²) in [6.07, 6.45) is 3.93. The average molecular weight is 715 g/mol. The van der Waals surface area contributed by atoms with Gasteiger partial charge in [-0.2, -0.15) is 0 Å². The van der Waals surface area contributed by atoms with Gasteiger partial charge in [0.15, 0.2) is 0 Å². The molecule has 8 aromatic carbocycles. The van der Waals surface area contributed by atoms with E-state index < -0.39 is 0 Å². The van der Waals surface area contributed by atoms with Crippen LogP contribution < -0.4 is 0 Å². The van der Waals surface area contributed by atoms with Crippen LogP contribution in [0, 0.1) is 0 Å². The number of fused-ring (bicyclic) bond motifs is 8. The quantitative estimate of drug-likeness (QED) is 0.162. The third-order valence-corrected chi connectivity index (χ3v) is 11.1. The Morgan fingerprint density at radius 1 is 0.304 bits per heavy atom. The summed E-state index contributed by atoms with van der Waals surface area (Å²) in [5.74, 6) is 0.